The zero-order valence-corrected chi connectivity index (χ0v) is 17.1. The molecule has 1 atom stereocenters. The Kier molecular flexibility index (Phi) is 7.70. The van der Waals surface area contributed by atoms with Gasteiger partial charge in [0.1, 0.15) is 6.04 Å². The molecule has 0 spiro atoms. The largest absolute Gasteiger partial charge is 0.354 e. The number of aromatic nitrogens is 2. The molecule has 0 saturated heterocycles. The van der Waals surface area contributed by atoms with E-state index in [1.165, 1.54) is 5.56 Å². The quantitative estimate of drug-likeness (QED) is 0.536. The molecule has 2 heterocycles. The highest BCUT2D eigenvalue weighted by atomic mass is 79.9. The number of carbonyl (C=O) groups excluding carboxylic acids is 1. The molecule has 0 fully saturated rings. The maximum Gasteiger partial charge on any atom is 0.241 e. The molecule has 0 bridgehead atoms. The Labute approximate surface area is 173 Å². The number of rotatable bonds is 9. The zero-order chi connectivity index (χ0) is 19.6. The summed E-state index contributed by atoms with van der Waals surface area (Å²) < 4.78 is 0.917. The van der Waals surface area contributed by atoms with Crippen molar-refractivity contribution < 1.29 is 4.79 Å². The molecule has 0 aliphatic rings. The highest BCUT2D eigenvalue weighted by Crippen LogP contribution is 2.23. The first-order chi connectivity index (χ1) is 13.7. The number of hydrogen-bond donors (Lipinski definition) is 2. The van der Waals surface area contributed by atoms with Gasteiger partial charge in [-0.05, 0) is 59.9 Å². The second-order valence-electron chi connectivity index (χ2n) is 6.41. The van der Waals surface area contributed by atoms with Crippen LogP contribution < -0.4 is 10.6 Å². The van der Waals surface area contributed by atoms with Crippen molar-refractivity contribution in [1.82, 2.24) is 20.6 Å². The van der Waals surface area contributed by atoms with E-state index in [1.54, 1.807) is 24.8 Å². The molecule has 28 heavy (non-hydrogen) atoms. The molecule has 0 aliphatic carbocycles. The van der Waals surface area contributed by atoms with Gasteiger partial charge in [0, 0.05) is 42.3 Å². The third kappa shape index (κ3) is 5.97. The number of hydrogen-bond acceptors (Lipinski definition) is 4. The molecule has 1 unspecified atom stereocenters. The number of amides is 1. The number of halogens is 1. The van der Waals surface area contributed by atoms with Crippen LogP contribution in [-0.2, 0) is 17.6 Å². The first kappa shape index (κ1) is 20.2. The maximum absolute atomic E-state index is 12.9. The first-order valence-corrected chi connectivity index (χ1v) is 10.1. The van der Waals surface area contributed by atoms with Crippen LogP contribution in [0.15, 0.2) is 77.8 Å². The van der Waals surface area contributed by atoms with E-state index in [0.717, 1.165) is 28.4 Å². The van der Waals surface area contributed by atoms with Gasteiger partial charge in [-0.3, -0.25) is 14.8 Å². The van der Waals surface area contributed by atoms with E-state index in [4.69, 9.17) is 0 Å². The summed E-state index contributed by atoms with van der Waals surface area (Å²) >= 11 is 3.57. The lowest BCUT2D eigenvalue weighted by Gasteiger charge is -2.20. The topological polar surface area (TPSA) is 66.9 Å². The van der Waals surface area contributed by atoms with Gasteiger partial charge in [-0.15, -0.1) is 0 Å². The van der Waals surface area contributed by atoms with Gasteiger partial charge in [-0.1, -0.05) is 34.1 Å². The summed E-state index contributed by atoms with van der Waals surface area (Å²) in [6.45, 7) is 1.27. The number of carbonyl (C=O) groups is 1. The lowest BCUT2D eigenvalue weighted by atomic mass is 10.1. The van der Waals surface area contributed by atoms with E-state index in [1.807, 2.05) is 48.5 Å². The highest BCUT2D eigenvalue weighted by molar-refractivity contribution is 9.10. The highest BCUT2D eigenvalue weighted by Gasteiger charge is 2.21. The molecular formula is C22H23BrN4O. The van der Waals surface area contributed by atoms with E-state index in [2.05, 4.69) is 36.5 Å². The minimum Gasteiger partial charge on any atom is -0.354 e. The predicted octanol–water partition coefficient (Wildman–Crippen LogP) is 3.47. The van der Waals surface area contributed by atoms with Crippen LogP contribution in [-0.4, -0.2) is 29.0 Å². The summed E-state index contributed by atoms with van der Waals surface area (Å²) in [5, 5.41) is 6.45. The van der Waals surface area contributed by atoms with Gasteiger partial charge in [-0.25, -0.2) is 0 Å². The Morgan fingerprint density at radius 1 is 0.857 bits per heavy atom. The van der Waals surface area contributed by atoms with E-state index in [9.17, 15) is 4.79 Å². The van der Waals surface area contributed by atoms with Gasteiger partial charge >= 0.3 is 0 Å². The van der Waals surface area contributed by atoms with E-state index >= 15 is 0 Å². The Morgan fingerprint density at radius 3 is 2.04 bits per heavy atom. The summed E-state index contributed by atoms with van der Waals surface area (Å²) in [5.41, 5.74) is 3.27. The summed E-state index contributed by atoms with van der Waals surface area (Å²) in [6, 6.07) is 15.3. The summed E-state index contributed by atoms with van der Waals surface area (Å²) in [6.07, 6.45) is 8.70. The number of pyridine rings is 2. The number of benzene rings is 1. The fourth-order valence-corrected chi connectivity index (χ4v) is 3.46. The van der Waals surface area contributed by atoms with Crippen molar-refractivity contribution in [2.45, 2.75) is 18.9 Å². The first-order valence-electron chi connectivity index (χ1n) is 9.27. The van der Waals surface area contributed by atoms with Crippen LogP contribution in [0.25, 0.3) is 0 Å². The second-order valence-corrected chi connectivity index (χ2v) is 7.26. The van der Waals surface area contributed by atoms with Crippen LogP contribution in [0, 0.1) is 0 Å². The van der Waals surface area contributed by atoms with Crippen molar-refractivity contribution in [1.29, 1.82) is 0 Å². The Morgan fingerprint density at radius 2 is 1.43 bits per heavy atom. The minimum absolute atomic E-state index is 0.0318. The number of nitrogens with one attached hydrogen (secondary N) is 2. The molecule has 5 nitrogen and oxygen atoms in total. The fourth-order valence-electron chi connectivity index (χ4n) is 2.94. The van der Waals surface area contributed by atoms with E-state index in [0.29, 0.717) is 13.1 Å². The van der Waals surface area contributed by atoms with Crippen molar-refractivity contribution in [3.05, 3.63) is 94.5 Å². The van der Waals surface area contributed by atoms with Gasteiger partial charge in [0.2, 0.25) is 5.91 Å². The predicted molar refractivity (Wildman–Crippen MR) is 114 cm³/mol. The molecule has 0 radical (unpaired) electrons. The summed E-state index contributed by atoms with van der Waals surface area (Å²) in [7, 11) is 0. The van der Waals surface area contributed by atoms with Crippen LogP contribution in [0.3, 0.4) is 0 Å². The third-order valence-corrected chi connectivity index (χ3v) is 5.17. The molecule has 1 amide bonds. The monoisotopic (exact) mass is 438 g/mol. The molecule has 144 valence electrons. The van der Waals surface area contributed by atoms with Crippen LogP contribution in [0.5, 0.6) is 0 Å². The Bertz CT molecular complexity index is 874. The van der Waals surface area contributed by atoms with Gasteiger partial charge in [0.05, 0.1) is 0 Å². The van der Waals surface area contributed by atoms with Crippen LogP contribution in [0.2, 0.25) is 0 Å². The number of nitrogens with zero attached hydrogens (tertiary/aromatic N) is 2. The fraction of sp³-hybridized carbons (Fsp3) is 0.227. The average molecular weight is 439 g/mol. The van der Waals surface area contributed by atoms with Crippen molar-refractivity contribution in [3.8, 4) is 0 Å². The van der Waals surface area contributed by atoms with Gasteiger partial charge in [0.15, 0.2) is 0 Å². The second kappa shape index (κ2) is 10.7. The molecule has 0 saturated carbocycles. The smallest absolute Gasteiger partial charge is 0.241 e. The average Bonchev–Trinajstić information content (AvgIpc) is 2.73. The lowest BCUT2D eigenvalue weighted by molar-refractivity contribution is -0.123. The summed E-state index contributed by atoms with van der Waals surface area (Å²) in [4.78, 5) is 21.0. The summed E-state index contributed by atoms with van der Waals surface area (Å²) in [5.74, 6) is -0.0318. The SMILES string of the molecule is O=C(NCCc1ccncc1)C(NCCc1ccncc1)c1ccccc1Br. The van der Waals surface area contributed by atoms with Crippen LogP contribution in [0.4, 0.5) is 0 Å². The Balaban J connectivity index is 1.61. The molecule has 3 aromatic rings. The molecule has 0 aliphatic heterocycles. The van der Waals surface area contributed by atoms with E-state index < -0.39 is 6.04 Å². The standard InChI is InChI=1S/C22H23BrN4O/c23-20-4-2-1-3-19(20)21(26-15-9-17-5-11-24-12-6-17)22(28)27-16-10-18-7-13-25-14-8-18/h1-8,11-14,21,26H,9-10,15-16H2,(H,27,28). The molecule has 2 aromatic heterocycles. The van der Waals surface area contributed by atoms with E-state index in [-0.39, 0.29) is 5.91 Å². The minimum atomic E-state index is -0.421. The van der Waals surface area contributed by atoms with Crippen molar-refractivity contribution in [2.24, 2.45) is 0 Å². The third-order valence-electron chi connectivity index (χ3n) is 4.45. The zero-order valence-electron chi connectivity index (χ0n) is 15.5. The molecule has 2 N–H and O–H groups in total. The van der Waals surface area contributed by atoms with Crippen molar-refractivity contribution in [2.75, 3.05) is 13.1 Å². The molecule has 1 aromatic carbocycles. The van der Waals surface area contributed by atoms with Crippen LogP contribution >= 0.6 is 15.9 Å². The Hall–Kier alpha value is -2.57. The van der Waals surface area contributed by atoms with Gasteiger partial charge in [0.25, 0.3) is 0 Å². The van der Waals surface area contributed by atoms with Gasteiger partial charge in [-0.2, -0.15) is 0 Å². The maximum atomic E-state index is 12.9. The normalized spacial score (nSPS) is 11.8. The van der Waals surface area contributed by atoms with Crippen molar-refractivity contribution >= 4 is 21.8 Å². The molecule has 6 heteroatoms. The molecular weight excluding hydrogens is 416 g/mol. The van der Waals surface area contributed by atoms with Crippen LogP contribution in [0.1, 0.15) is 22.7 Å². The van der Waals surface area contributed by atoms with Crippen molar-refractivity contribution in [3.63, 3.8) is 0 Å². The lowest BCUT2D eigenvalue weighted by Crippen LogP contribution is -2.39. The van der Waals surface area contributed by atoms with Gasteiger partial charge < -0.3 is 10.6 Å². The molecule has 3 rings (SSSR count).